The van der Waals surface area contributed by atoms with Crippen LogP contribution in [0.3, 0.4) is 0 Å². The van der Waals surface area contributed by atoms with Crippen LogP contribution in [0.25, 0.3) is 0 Å². The van der Waals surface area contributed by atoms with E-state index in [1.165, 1.54) is 0 Å². The van der Waals surface area contributed by atoms with Gasteiger partial charge in [-0.3, -0.25) is 9.59 Å². The van der Waals surface area contributed by atoms with Crippen molar-refractivity contribution < 1.29 is 9.59 Å². The van der Waals surface area contributed by atoms with Crippen LogP contribution in [-0.4, -0.2) is 18.4 Å². The molecule has 0 aliphatic carbocycles. The Bertz CT molecular complexity index is 374. The third-order valence-electron chi connectivity index (χ3n) is 1.94. The van der Waals surface area contributed by atoms with Gasteiger partial charge in [0.2, 0.25) is 11.8 Å². The molecule has 0 radical (unpaired) electrons. The lowest BCUT2D eigenvalue weighted by Crippen LogP contribution is -2.35. The number of nitrogens with one attached hydrogen (secondary N) is 2. The monoisotopic (exact) mass is 218 g/mol. The van der Waals surface area contributed by atoms with Gasteiger partial charge in [-0.05, 0) is 11.6 Å². The predicted octanol–water partition coefficient (Wildman–Crippen LogP) is 0.605. The van der Waals surface area contributed by atoms with Crippen molar-refractivity contribution in [3.05, 3.63) is 48.6 Å². The summed E-state index contributed by atoms with van der Waals surface area (Å²) in [6, 6.07) is 9.56. The zero-order chi connectivity index (χ0) is 11.8. The molecule has 2 N–H and O–H groups in total. The lowest BCUT2D eigenvalue weighted by molar-refractivity contribution is -0.124. The summed E-state index contributed by atoms with van der Waals surface area (Å²) in [4.78, 5) is 22.1. The van der Waals surface area contributed by atoms with E-state index in [1.807, 2.05) is 30.3 Å². The van der Waals surface area contributed by atoms with E-state index in [0.717, 1.165) is 11.6 Å². The molecular weight excluding hydrogens is 204 g/mol. The van der Waals surface area contributed by atoms with Gasteiger partial charge in [0.1, 0.15) is 0 Å². The van der Waals surface area contributed by atoms with E-state index in [4.69, 9.17) is 0 Å². The van der Waals surface area contributed by atoms with Gasteiger partial charge in [0.05, 0.1) is 6.54 Å². The Hall–Kier alpha value is -2.10. The average Bonchev–Trinajstić information content (AvgIpc) is 2.34. The molecule has 0 spiro atoms. The second kappa shape index (κ2) is 6.40. The summed E-state index contributed by atoms with van der Waals surface area (Å²) in [5.74, 6) is -0.575. The minimum Gasteiger partial charge on any atom is -0.350 e. The van der Waals surface area contributed by atoms with Crippen molar-refractivity contribution in [1.29, 1.82) is 0 Å². The van der Waals surface area contributed by atoms with Crippen molar-refractivity contribution >= 4 is 11.8 Å². The molecule has 16 heavy (non-hydrogen) atoms. The highest BCUT2D eigenvalue weighted by molar-refractivity contribution is 5.90. The molecule has 0 aliphatic heterocycles. The first-order chi connectivity index (χ1) is 7.72. The Balaban J connectivity index is 2.25. The van der Waals surface area contributed by atoms with Crippen molar-refractivity contribution in [2.45, 2.75) is 6.54 Å². The summed E-state index contributed by atoms with van der Waals surface area (Å²) >= 11 is 0. The van der Waals surface area contributed by atoms with Crippen LogP contribution in [0.4, 0.5) is 0 Å². The number of benzene rings is 1. The van der Waals surface area contributed by atoms with Crippen molar-refractivity contribution in [3.63, 3.8) is 0 Å². The molecule has 1 rings (SSSR count). The van der Waals surface area contributed by atoms with Crippen LogP contribution >= 0.6 is 0 Å². The third-order valence-corrected chi connectivity index (χ3v) is 1.94. The summed E-state index contributed by atoms with van der Waals surface area (Å²) in [6.45, 7) is 3.72. The van der Waals surface area contributed by atoms with Crippen LogP contribution in [0.1, 0.15) is 5.56 Å². The summed E-state index contributed by atoms with van der Waals surface area (Å²) in [5.41, 5.74) is 1.02. The lowest BCUT2D eigenvalue weighted by atomic mass is 10.2. The van der Waals surface area contributed by atoms with Gasteiger partial charge in [-0.25, -0.2) is 0 Å². The average molecular weight is 218 g/mol. The molecule has 1 aromatic carbocycles. The summed E-state index contributed by atoms with van der Waals surface area (Å²) in [5, 5.41) is 5.09. The molecule has 0 fully saturated rings. The first-order valence-corrected chi connectivity index (χ1v) is 4.93. The first kappa shape index (κ1) is 12.0. The highest BCUT2D eigenvalue weighted by atomic mass is 16.2. The molecule has 4 nitrogen and oxygen atoms in total. The molecule has 0 unspecified atom stereocenters. The number of hydrogen-bond acceptors (Lipinski definition) is 2. The molecule has 84 valence electrons. The van der Waals surface area contributed by atoms with Gasteiger partial charge in [0, 0.05) is 6.54 Å². The van der Waals surface area contributed by atoms with E-state index in [-0.39, 0.29) is 18.4 Å². The van der Waals surface area contributed by atoms with Crippen LogP contribution in [0, 0.1) is 0 Å². The zero-order valence-electron chi connectivity index (χ0n) is 8.90. The number of rotatable bonds is 5. The van der Waals surface area contributed by atoms with Crippen molar-refractivity contribution in [1.82, 2.24) is 10.6 Å². The number of amides is 2. The van der Waals surface area contributed by atoms with Crippen molar-refractivity contribution in [2.24, 2.45) is 0 Å². The van der Waals surface area contributed by atoms with Gasteiger partial charge in [-0.15, -0.1) is 0 Å². The maximum absolute atomic E-state index is 11.3. The first-order valence-electron chi connectivity index (χ1n) is 4.93. The minimum atomic E-state index is -0.352. The van der Waals surface area contributed by atoms with Crippen LogP contribution < -0.4 is 10.6 Å². The standard InChI is InChI=1S/C12H14N2O2/c1-2-11(15)14-9-12(16)13-8-10-6-4-3-5-7-10/h2-7H,1,8-9H2,(H,13,16)(H,14,15). The fraction of sp³-hybridized carbons (Fsp3) is 0.167. The highest BCUT2D eigenvalue weighted by Gasteiger charge is 2.01. The summed E-state index contributed by atoms with van der Waals surface area (Å²) in [6.07, 6.45) is 1.13. The SMILES string of the molecule is C=CC(=O)NCC(=O)NCc1ccccc1. The number of carbonyl (C=O) groups is 2. The van der Waals surface area contributed by atoms with Gasteiger partial charge in [-0.2, -0.15) is 0 Å². The van der Waals surface area contributed by atoms with E-state index in [9.17, 15) is 9.59 Å². The van der Waals surface area contributed by atoms with Crippen LogP contribution in [-0.2, 0) is 16.1 Å². The quantitative estimate of drug-likeness (QED) is 0.711. The van der Waals surface area contributed by atoms with E-state index < -0.39 is 0 Å². The van der Waals surface area contributed by atoms with E-state index in [2.05, 4.69) is 17.2 Å². The van der Waals surface area contributed by atoms with Gasteiger partial charge >= 0.3 is 0 Å². The van der Waals surface area contributed by atoms with Crippen molar-refractivity contribution in [3.8, 4) is 0 Å². The molecule has 0 atom stereocenters. The Morgan fingerprint density at radius 3 is 2.50 bits per heavy atom. The fourth-order valence-electron chi connectivity index (χ4n) is 1.10. The van der Waals surface area contributed by atoms with E-state index in [0.29, 0.717) is 6.54 Å². The normalized spacial score (nSPS) is 9.25. The number of hydrogen-bond donors (Lipinski definition) is 2. The van der Waals surface area contributed by atoms with Gasteiger partial charge < -0.3 is 10.6 Å². The molecule has 0 aliphatic rings. The van der Waals surface area contributed by atoms with Crippen LogP contribution in [0.5, 0.6) is 0 Å². The summed E-state index contributed by atoms with van der Waals surface area (Å²) in [7, 11) is 0. The highest BCUT2D eigenvalue weighted by Crippen LogP contribution is 1.96. The topological polar surface area (TPSA) is 58.2 Å². The third kappa shape index (κ3) is 4.41. The molecule has 1 aromatic rings. The maximum Gasteiger partial charge on any atom is 0.243 e. The van der Waals surface area contributed by atoms with Crippen LogP contribution in [0.15, 0.2) is 43.0 Å². The second-order valence-corrected chi connectivity index (χ2v) is 3.18. The van der Waals surface area contributed by atoms with Crippen LogP contribution in [0.2, 0.25) is 0 Å². The molecule has 0 saturated heterocycles. The smallest absolute Gasteiger partial charge is 0.243 e. The van der Waals surface area contributed by atoms with E-state index in [1.54, 1.807) is 0 Å². The Kier molecular flexibility index (Phi) is 4.79. The molecule has 0 bridgehead atoms. The molecule has 2 amide bonds. The maximum atomic E-state index is 11.3. The lowest BCUT2D eigenvalue weighted by Gasteiger charge is -2.05. The Morgan fingerprint density at radius 1 is 1.19 bits per heavy atom. The van der Waals surface area contributed by atoms with Crippen molar-refractivity contribution in [2.75, 3.05) is 6.54 Å². The molecule has 0 heterocycles. The fourth-order valence-corrected chi connectivity index (χ4v) is 1.10. The number of carbonyl (C=O) groups excluding carboxylic acids is 2. The Morgan fingerprint density at radius 2 is 1.88 bits per heavy atom. The minimum absolute atomic E-state index is 0.0301. The van der Waals surface area contributed by atoms with Gasteiger partial charge in [-0.1, -0.05) is 36.9 Å². The zero-order valence-corrected chi connectivity index (χ0v) is 8.90. The molecule has 0 saturated carbocycles. The molecule has 0 aromatic heterocycles. The van der Waals surface area contributed by atoms with Gasteiger partial charge in [0.25, 0.3) is 0 Å². The molecule has 4 heteroatoms. The Labute approximate surface area is 94.4 Å². The van der Waals surface area contributed by atoms with Gasteiger partial charge in [0.15, 0.2) is 0 Å². The molecular formula is C12H14N2O2. The summed E-state index contributed by atoms with van der Waals surface area (Å²) < 4.78 is 0. The largest absolute Gasteiger partial charge is 0.350 e. The second-order valence-electron chi connectivity index (χ2n) is 3.18. The predicted molar refractivity (Wildman–Crippen MR) is 61.5 cm³/mol. The van der Waals surface area contributed by atoms with E-state index >= 15 is 0 Å².